The number of nitrogen functional groups attached to an aromatic ring is 1. The van der Waals surface area contributed by atoms with Gasteiger partial charge < -0.3 is 20.5 Å². The van der Waals surface area contributed by atoms with E-state index in [1.54, 1.807) is 53.3 Å². The molecule has 0 atom stereocenters. The number of hydrogen-bond donors (Lipinski definition) is 2. The van der Waals surface area contributed by atoms with Crippen molar-refractivity contribution in [3.05, 3.63) is 120 Å². The Kier molecular flexibility index (Phi) is 6.86. The van der Waals surface area contributed by atoms with Crippen molar-refractivity contribution in [1.82, 2.24) is 9.78 Å². The predicted octanol–water partition coefficient (Wildman–Crippen LogP) is 5.95. The van der Waals surface area contributed by atoms with Crippen molar-refractivity contribution < 1.29 is 19.1 Å². The van der Waals surface area contributed by atoms with Gasteiger partial charge in [-0.15, -0.1) is 0 Å². The van der Waals surface area contributed by atoms with Gasteiger partial charge in [0.05, 0.1) is 23.9 Å². The Labute approximate surface area is 219 Å². The molecule has 1 aromatic heterocycles. The number of hydrogen-bond acceptors (Lipinski definition) is 6. The van der Waals surface area contributed by atoms with Crippen LogP contribution >= 0.6 is 0 Å². The van der Waals surface area contributed by atoms with Gasteiger partial charge in [0.1, 0.15) is 17.2 Å². The maximum atomic E-state index is 13.5. The average molecular weight is 505 g/mol. The van der Waals surface area contributed by atoms with Gasteiger partial charge in [-0.25, -0.2) is 9.48 Å². The number of methoxy groups -OCH3 is 1. The number of carbonyl (C=O) groups excluding carboxylic acids is 2. The van der Waals surface area contributed by atoms with E-state index in [1.165, 1.54) is 7.11 Å². The molecule has 0 saturated carbocycles. The molecule has 0 aliphatic rings. The molecule has 0 aliphatic carbocycles. The van der Waals surface area contributed by atoms with Crippen LogP contribution < -0.4 is 15.8 Å². The van der Waals surface area contributed by atoms with E-state index in [-0.39, 0.29) is 5.91 Å². The third kappa shape index (κ3) is 5.39. The number of anilines is 2. The second kappa shape index (κ2) is 10.7. The van der Waals surface area contributed by atoms with Crippen molar-refractivity contribution in [3.8, 4) is 28.4 Å². The molecule has 3 N–H and O–H groups in total. The lowest BCUT2D eigenvalue weighted by molar-refractivity contribution is 0.0600. The summed E-state index contributed by atoms with van der Waals surface area (Å²) in [6.07, 6.45) is 1.71. The summed E-state index contributed by atoms with van der Waals surface area (Å²) in [5, 5.41) is 7.62. The third-order valence-electron chi connectivity index (χ3n) is 5.72. The highest BCUT2D eigenvalue weighted by molar-refractivity contribution is 6.08. The minimum Gasteiger partial charge on any atom is -0.465 e. The van der Waals surface area contributed by atoms with Gasteiger partial charge >= 0.3 is 5.97 Å². The van der Waals surface area contributed by atoms with Crippen LogP contribution in [0.3, 0.4) is 0 Å². The maximum Gasteiger partial charge on any atom is 0.337 e. The molecule has 0 bridgehead atoms. The number of amides is 1. The predicted molar refractivity (Wildman–Crippen MR) is 146 cm³/mol. The summed E-state index contributed by atoms with van der Waals surface area (Å²) in [5.41, 5.74) is 9.99. The Bertz CT molecular complexity index is 1580. The first-order valence-corrected chi connectivity index (χ1v) is 11.8. The van der Waals surface area contributed by atoms with Crippen LogP contribution in [0, 0.1) is 0 Å². The summed E-state index contributed by atoms with van der Waals surface area (Å²) >= 11 is 0. The molecule has 0 saturated heterocycles. The van der Waals surface area contributed by atoms with Crippen LogP contribution in [0.2, 0.25) is 0 Å². The molecule has 188 valence electrons. The number of para-hydroxylation sites is 1. The molecule has 1 heterocycles. The number of nitrogens with two attached hydrogens (primary N) is 1. The van der Waals surface area contributed by atoms with E-state index in [0.29, 0.717) is 39.7 Å². The number of nitrogens with one attached hydrogen (secondary N) is 1. The summed E-state index contributed by atoms with van der Waals surface area (Å²) in [7, 11) is 1.32. The van der Waals surface area contributed by atoms with E-state index in [2.05, 4.69) is 5.32 Å². The molecular formula is C30H24N4O4. The minimum absolute atomic E-state index is 0.343. The van der Waals surface area contributed by atoms with Gasteiger partial charge in [0.25, 0.3) is 5.91 Å². The van der Waals surface area contributed by atoms with E-state index < -0.39 is 5.97 Å². The summed E-state index contributed by atoms with van der Waals surface area (Å²) < 4.78 is 12.3. The lowest BCUT2D eigenvalue weighted by Gasteiger charge is -2.11. The van der Waals surface area contributed by atoms with Gasteiger partial charge in [0, 0.05) is 35.3 Å². The minimum atomic E-state index is -0.434. The second-order valence-corrected chi connectivity index (χ2v) is 8.40. The molecule has 8 nitrogen and oxygen atoms in total. The van der Waals surface area contributed by atoms with Crippen LogP contribution in [0.15, 0.2) is 109 Å². The molecule has 38 heavy (non-hydrogen) atoms. The van der Waals surface area contributed by atoms with Gasteiger partial charge in [0.2, 0.25) is 0 Å². The summed E-state index contributed by atoms with van der Waals surface area (Å²) in [6, 6.07) is 30.6. The van der Waals surface area contributed by atoms with Crippen LogP contribution in [0.5, 0.6) is 11.5 Å². The molecule has 0 unspecified atom stereocenters. The lowest BCUT2D eigenvalue weighted by Crippen LogP contribution is -2.12. The summed E-state index contributed by atoms with van der Waals surface area (Å²) in [5.74, 6) is 0.145. The van der Waals surface area contributed by atoms with E-state index in [4.69, 9.17) is 20.3 Å². The summed E-state index contributed by atoms with van der Waals surface area (Å²) in [6.45, 7) is 0. The fraction of sp³-hybridized carbons (Fsp3) is 0.0333. The van der Waals surface area contributed by atoms with Crippen molar-refractivity contribution in [2.24, 2.45) is 0 Å². The van der Waals surface area contributed by atoms with Crippen LogP contribution in [0.4, 0.5) is 11.4 Å². The summed E-state index contributed by atoms with van der Waals surface area (Å²) in [4.78, 5) is 25.1. The van der Waals surface area contributed by atoms with Crippen LogP contribution in [0.1, 0.15) is 20.7 Å². The molecule has 0 aliphatic heterocycles. The third-order valence-corrected chi connectivity index (χ3v) is 5.72. The molecule has 0 spiro atoms. The van der Waals surface area contributed by atoms with Crippen LogP contribution in [-0.2, 0) is 4.74 Å². The number of aromatic nitrogens is 2. The first-order valence-electron chi connectivity index (χ1n) is 11.8. The normalized spacial score (nSPS) is 10.6. The Morgan fingerprint density at radius 2 is 1.53 bits per heavy atom. The number of ether oxygens (including phenoxy) is 2. The maximum absolute atomic E-state index is 13.5. The fourth-order valence-electron chi connectivity index (χ4n) is 3.93. The first-order chi connectivity index (χ1) is 18.5. The zero-order valence-electron chi connectivity index (χ0n) is 20.5. The largest absolute Gasteiger partial charge is 0.465 e. The number of benzene rings is 4. The number of esters is 1. The smallest absolute Gasteiger partial charge is 0.337 e. The van der Waals surface area contributed by atoms with Crippen molar-refractivity contribution in [2.75, 3.05) is 18.2 Å². The Morgan fingerprint density at radius 3 is 2.21 bits per heavy atom. The van der Waals surface area contributed by atoms with Gasteiger partial charge in [-0.2, -0.15) is 5.10 Å². The van der Waals surface area contributed by atoms with E-state index in [0.717, 1.165) is 11.3 Å². The van der Waals surface area contributed by atoms with E-state index in [1.807, 2.05) is 60.7 Å². The highest BCUT2D eigenvalue weighted by Gasteiger charge is 2.19. The van der Waals surface area contributed by atoms with Crippen LogP contribution in [-0.4, -0.2) is 28.8 Å². The molecule has 5 rings (SSSR count). The zero-order chi connectivity index (χ0) is 26.5. The number of carbonyl (C=O) groups is 2. The van der Waals surface area contributed by atoms with Crippen molar-refractivity contribution in [3.63, 3.8) is 0 Å². The highest BCUT2D eigenvalue weighted by Crippen LogP contribution is 2.29. The molecule has 5 aromatic rings. The van der Waals surface area contributed by atoms with Gasteiger partial charge in [0.15, 0.2) is 0 Å². The molecular weight excluding hydrogens is 480 g/mol. The Balaban J connectivity index is 1.41. The quantitative estimate of drug-likeness (QED) is 0.209. The van der Waals surface area contributed by atoms with Crippen molar-refractivity contribution in [2.45, 2.75) is 0 Å². The van der Waals surface area contributed by atoms with E-state index in [9.17, 15) is 9.59 Å². The topological polar surface area (TPSA) is 108 Å². The van der Waals surface area contributed by atoms with Crippen molar-refractivity contribution >= 4 is 23.3 Å². The molecule has 0 radical (unpaired) electrons. The van der Waals surface area contributed by atoms with Crippen molar-refractivity contribution in [1.29, 1.82) is 0 Å². The Morgan fingerprint density at radius 1 is 0.842 bits per heavy atom. The van der Waals surface area contributed by atoms with E-state index >= 15 is 0 Å². The number of nitrogens with zero attached hydrogens (tertiary/aromatic N) is 2. The zero-order valence-corrected chi connectivity index (χ0v) is 20.5. The van der Waals surface area contributed by atoms with Gasteiger partial charge in [-0.3, -0.25) is 4.79 Å². The lowest BCUT2D eigenvalue weighted by atomic mass is 10.1. The second-order valence-electron chi connectivity index (χ2n) is 8.40. The van der Waals surface area contributed by atoms with Crippen LogP contribution in [0.25, 0.3) is 16.9 Å². The SMILES string of the molecule is COC(=O)c1ccc(Oc2cc(N)cc(NC(=O)c3cn(-c4ccccc4)nc3-c3ccccc3)c2)cc1. The molecule has 0 fully saturated rings. The average Bonchev–Trinajstić information content (AvgIpc) is 3.40. The standard InChI is InChI=1S/C30H24N4O4/c1-37-30(36)21-12-14-25(15-13-21)38-26-17-22(31)16-23(18-26)32-29(35)27-19-34(24-10-6-3-7-11-24)33-28(27)20-8-4-2-5-9-20/h2-19H,31H2,1H3,(H,32,35). The Hall–Kier alpha value is -5.37. The number of rotatable bonds is 7. The van der Waals surface area contributed by atoms with Gasteiger partial charge in [-0.1, -0.05) is 48.5 Å². The highest BCUT2D eigenvalue weighted by atomic mass is 16.5. The molecule has 4 aromatic carbocycles. The first kappa shape index (κ1) is 24.3. The van der Waals surface area contributed by atoms with Gasteiger partial charge in [-0.05, 0) is 42.5 Å². The molecule has 8 heteroatoms. The fourth-order valence-corrected chi connectivity index (χ4v) is 3.93. The molecule has 1 amide bonds. The monoisotopic (exact) mass is 504 g/mol.